The molecule has 154 valence electrons. The minimum Gasteiger partial charge on any atom is -0.491 e. The molecule has 4 nitrogen and oxygen atoms in total. The molecule has 0 amide bonds. The first kappa shape index (κ1) is 18.7. The van der Waals surface area contributed by atoms with Crippen molar-refractivity contribution in [3.8, 4) is 5.75 Å². The van der Waals surface area contributed by atoms with Gasteiger partial charge in [0, 0.05) is 50.7 Å². The monoisotopic (exact) mass is 395 g/mol. The number of fused-ring (bicyclic) bond motifs is 2. The highest BCUT2D eigenvalue weighted by molar-refractivity contribution is 5.63. The van der Waals surface area contributed by atoms with E-state index in [4.69, 9.17) is 4.74 Å². The molecule has 29 heavy (non-hydrogen) atoms. The summed E-state index contributed by atoms with van der Waals surface area (Å²) in [6.07, 6.45) is 4.58. The lowest BCUT2D eigenvalue weighted by Gasteiger charge is -2.36. The van der Waals surface area contributed by atoms with Gasteiger partial charge in [0.2, 0.25) is 0 Å². The number of nitrogens with one attached hydrogen (secondary N) is 1. The van der Waals surface area contributed by atoms with Gasteiger partial charge < -0.3 is 15.0 Å². The number of rotatable bonds is 6. The third-order valence-electron chi connectivity index (χ3n) is 6.68. The largest absolute Gasteiger partial charge is 0.491 e. The summed E-state index contributed by atoms with van der Waals surface area (Å²) in [5.41, 5.74) is 4.91. The molecule has 1 fully saturated rings. The summed E-state index contributed by atoms with van der Waals surface area (Å²) in [6.45, 7) is 7.29. The summed E-state index contributed by atoms with van der Waals surface area (Å²) in [5, 5.41) is 3.41. The van der Waals surface area contributed by atoms with Crippen molar-refractivity contribution in [1.29, 1.82) is 0 Å². The van der Waals surface area contributed by atoms with Crippen molar-refractivity contribution in [3.05, 3.63) is 53.3 Å². The zero-order valence-electron chi connectivity index (χ0n) is 17.0. The molecule has 0 radical (unpaired) electrons. The second-order valence-electron chi connectivity index (χ2n) is 8.50. The maximum Gasteiger partial charge on any atom is 0.145 e. The van der Waals surface area contributed by atoms with Gasteiger partial charge in [-0.2, -0.15) is 0 Å². The van der Waals surface area contributed by atoms with E-state index in [1.807, 2.05) is 6.07 Å². The van der Waals surface area contributed by atoms with Crippen LogP contribution < -0.4 is 15.0 Å². The third kappa shape index (κ3) is 3.93. The number of piperazine rings is 1. The Balaban J connectivity index is 1.06. The van der Waals surface area contributed by atoms with Crippen molar-refractivity contribution in [2.24, 2.45) is 0 Å². The highest BCUT2D eigenvalue weighted by Gasteiger charge is 2.24. The molecule has 1 N–H and O–H groups in total. The summed E-state index contributed by atoms with van der Waals surface area (Å²) < 4.78 is 19.4. The molecule has 1 atom stereocenters. The molecule has 3 aliphatic rings. The molecule has 0 aliphatic carbocycles. The molecule has 1 saturated heterocycles. The van der Waals surface area contributed by atoms with Crippen molar-refractivity contribution in [1.82, 2.24) is 4.90 Å². The normalized spacial score (nSPS) is 20.9. The smallest absolute Gasteiger partial charge is 0.145 e. The Hall–Kier alpha value is -2.27. The van der Waals surface area contributed by atoms with Crippen molar-refractivity contribution >= 4 is 11.4 Å². The van der Waals surface area contributed by atoms with Gasteiger partial charge in [-0.3, -0.25) is 4.90 Å². The van der Waals surface area contributed by atoms with Crippen molar-refractivity contribution in [2.45, 2.75) is 31.6 Å². The van der Waals surface area contributed by atoms with E-state index < -0.39 is 0 Å². The van der Waals surface area contributed by atoms with Crippen LogP contribution in [0.5, 0.6) is 5.75 Å². The number of anilines is 2. The summed E-state index contributed by atoms with van der Waals surface area (Å²) in [6, 6.07) is 11.7. The summed E-state index contributed by atoms with van der Waals surface area (Å²) in [5.74, 6) is 1.45. The SMILES string of the molecule is Fc1ccc2c(c1)C(CCCCN1CCN(c3cccc4c3OCC4)CC1)CN2. The molecular weight excluding hydrogens is 365 g/mol. The van der Waals surface area contributed by atoms with Crippen LogP contribution in [0.15, 0.2) is 36.4 Å². The number of nitrogens with zero attached hydrogens (tertiary/aromatic N) is 2. The summed E-state index contributed by atoms with van der Waals surface area (Å²) in [7, 11) is 0. The standard InChI is InChI=1S/C24H30FN3O/c25-20-7-8-22-21(16-20)19(17-26-22)4-1-2-10-27-11-13-28(14-12-27)23-6-3-5-18-9-15-29-24(18)23/h3,5-8,16,19,26H,1-2,4,9-15,17H2. The minimum atomic E-state index is -0.121. The quantitative estimate of drug-likeness (QED) is 0.740. The second kappa shape index (κ2) is 8.23. The van der Waals surface area contributed by atoms with Crippen LogP contribution in [0, 0.1) is 5.82 Å². The lowest BCUT2D eigenvalue weighted by Crippen LogP contribution is -2.46. The molecule has 0 saturated carbocycles. The fourth-order valence-electron chi connectivity index (χ4n) is 5.02. The molecule has 3 heterocycles. The Morgan fingerprint density at radius 2 is 1.97 bits per heavy atom. The number of benzene rings is 2. The highest BCUT2D eigenvalue weighted by Crippen LogP contribution is 2.37. The molecule has 0 bridgehead atoms. The number of unbranched alkanes of at least 4 members (excludes halogenated alkanes) is 1. The van der Waals surface area contributed by atoms with E-state index in [-0.39, 0.29) is 5.82 Å². The highest BCUT2D eigenvalue weighted by atomic mass is 19.1. The molecule has 2 aromatic carbocycles. The van der Waals surface area contributed by atoms with Gasteiger partial charge in [-0.05, 0) is 54.8 Å². The number of hydrogen-bond acceptors (Lipinski definition) is 4. The van der Waals surface area contributed by atoms with E-state index in [2.05, 4.69) is 33.3 Å². The Morgan fingerprint density at radius 1 is 1.07 bits per heavy atom. The zero-order chi connectivity index (χ0) is 19.6. The first-order valence-electron chi connectivity index (χ1n) is 11.0. The van der Waals surface area contributed by atoms with Crippen LogP contribution >= 0.6 is 0 Å². The molecule has 2 aromatic rings. The average molecular weight is 396 g/mol. The van der Waals surface area contributed by atoms with Crippen LogP contribution in [0.2, 0.25) is 0 Å². The van der Waals surface area contributed by atoms with Crippen LogP contribution in [-0.2, 0) is 6.42 Å². The van der Waals surface area contributed by atoms with Gasteiger partial charge in [-0.1, -0.05) is 18.6 Å². The van der Waals surface area contributed by atoms with Crippen molar-refractivity contribution in [3.63, 3.8) is 0 Å². The fourth-order valence-corrected chi connectivity index (χ4v) is 5.02. The van der Waals surface area contributed by atoms with Crippen LogP contribution in [0.3, 0.4) is 0 Å². The predicted octanol–water partition coefficient (Wildman–Crippen LogP) is 4.26. The van der Waals surface area contributed by atoms with Gasteiger partial charge in [0.05, 0.1) is 12.3 Å². The van der Waals surface area contributed by atoms with Gasteiger partial charge in [0.15, 0.2) is 0 Å². The maximum absolute atomic E-state index is 13.5. The molecule has 0 spiro atoms. The van der Waals surface area contributed by atoms with Gasteiger partial charge in [0.25, 0.3) is 0 Å². The van der Waals surface area contributed by atoms with Crippen LogP contribution in [0.4, 0.5) is 15.8 Å². The van der Waals surface area contributed by atoms with Crippen LogP contribution in [0.1, 0.15) is 36.3 Å². The van der Waals surface area contributed by atoms with E-state index >= 15 is 0 Å². The Bertz CT molecular complexity index is 863. The molecule has 5 rings (SSSR count). The lowest BCUT2D eigenvalue weighted by atomic mass is 9.95. The van der Waals surface area contributed by atoms with E-state index in [1.54, 1.807) is 12.1 Å². The number of halogens is 1. The van der Waals surface area contributed by atoms with Crippen molar-refractivity contribution < 1.29 is 9.13 Å². The Morgan fingerprint density at radius 3 is 2.86 bits per heavy atom. The van der Waals surface area contributed by atoms with E-state index in [1.165, 1.54) is 24.1 Å². The van der Waals surface area contributed by atoms with Gasteiger partial charge >= 0.3 is 0 Å². The zero-order valence-corrected chi connectivity index (χ0v) is 17.0. The maximum atomic E-state index is 13.5. The van der Waals surface area contributed by atoms with Crippen molar-refractivity contribution in [2.75, 3.05) is 56.1 Å². The van der Waals surface area contributed by atoms with Gasteiger partial charge in [-0.15, -0.1) is 0 Å². The van der Waals surface area contributed by atoms with Gasteiger partial charge in [-0.25, -0.2) is 4.39 Å². The number of hydrogen-bond donors (Lipinski definition) is 1. The van der Waals surface area contributed by atoms with E-state index in [0.717, 1.165) is 75.7 Å². The Kier molecular flexibility index (Phi) is 5.32. The topological polar surface area (TPSA) is 27.7 Å². The average Bonchev–Trinajstić information content (AvgIpc) is 3.38. The van der Waals surface area contributed by atoms with E-state index in [0.29, 0.717) is 5.92 Å². The fraction of sp³-hybridized carbons (Fsp3) is 0.500. The second-order valence-corrected chi connectivity index (χ2v) is 8.50. The lowest BCUT2D eigenvalue weighted by molar-refractivity contribution is 0.250. The van der Waals surface area contributed by atoms with Gasteiger partial charge in [0.1, 0.15) is 11.6 Å². The minimum absolute atomic E-state index is 0.121. The first-order valence-corrected chi connectivity index (χ1v) is 11.0. The molecule has 5 heteroatoms. The molecule has 1 unspecified atom stereocenters. The first-order chi connectivity index (χ1) is 14.3. The number of para-hydroxylation sites is 1. The third-order valence-corrected chi connectivity index (χ3v) is 6.68. The van der Waals surface area contributed by atoms with Crippen LogP contribution in [0.25, 0.3) is 0 Å². The number of ether oxygens (including phenoxy) is 1. The summed E-state index contributed by atoms with van der Waals surface area (Å²) >= 11 is 0. The van der Waals surface area contributed by atoms with E-state index in [9.17, 15) is 4.39 Å². The molecular formula is C24H30FN3O. The Labute approximate surface area is 172 Å². The molecule has 0 aromatic heterocycles. The predicted molar refractivity (Wildman–Crippen MR) is 116 cm³/mol. The summed E-state index contributed by atoms with van der Waals surface area (Å²) in [4.78, 5) is 5.07. The molecule has 3 aliphatic heterocycles. The van der Waals surface area contributed by atoms with Crippen LogP contribution in [-0.4, -0.2) is 50.8 Å².